The third-order valence-electron chi connectivity index (χ3n) is 7.01. The van der Waals surface area contributed by atoms with Gasteiger partial charge in [-0.15, -0.1) is 0 Å². The van der Waals surface area contributed by atoms with E-state index in [4.69, 9.17) is 0 Å². The highest BCUT2D eigenvalue weighted by atomic mass is 19.1. The molecule has 1 aromatic heterocycles. The van der Waals surface area contributed by atoms with E-state index in [0.29, 0.717) is 17.6 Å². The van der Waals surface area contributed by atoms with Gasteiger partial charge in [-0.2, -0.15) is 0 Å². The van der Waals surface area contributed by atoms with Gasteiger partial charge in [-0.05, 0) is 79.4 Å². The van der Waals surface area contributed by atoms with E-state index in [-0.39, 0.29) is 24.9 Å². The molecular formula is C33H39FN4O2. The molecule has 0 fully saturated rings. The van der Waals surface area contributed by atoms with Crippen molar-refractivity contribution >= 4 is 11.8 Å². The summed E-state index contributed by atoms with van der Waals surface area (Å²) in [6, 6.07) is 6.25. The molecule has 0 bridgehead atoms. The summed E-state index contributed by atoms with van der Waals surface area (Å²) in [5, 5.41) is 5.92. The van der Waals surface area contributed by atoms with Crippen LogP contribution in [0.15, 0.2) is 97.5 Å². The summed E-state index contributed by atoms with van der Waals surface area (Å²) in [6.07, 6.45) is 22.4. The third kappa shape index (κ3) is 7.10. The van der Waals surface area contributed by atoms with E-state index < -0.39 is 11.4 Å². The second-order valence-electron chi connectivity index (χ2n) is 9.37. The van der Waals surface area contributed by atoms with Crippen molar-refractivity contribution in [1.29, 1.82) is 0 Å². The van der Waals surface area contributed by atoms with Gasteiger partial charge in [0, 0.05) is 24.5 Å². The summed E-state index contributed by atoms with van der Waals surface area (Å²) < 4.78 is 13.9. The van der Waals surface area contributed by atoms with Crippen molar-refractivity contribution in [3.8, 4) is 0 Å². The number of hydrogen-bond donors (Lipinski definition) is 2. The number of allylic oxidation sites excluding steroid dienone is 6. The average Bonchev–Trinajstić information content (AvgIpc) is 3.27. The van der Waals surface area contributed by atoms with Crippen LogP contribution in [0.2, 0.25) is 0 Å². The molecule has 2 amide bonds. The van der Waals surface area contributed by atoms with Gasteiger partial charge in [-0.3, -0.25) is 14.6 Å². The van der Waals surface area contributed by atoms with Crippen LogP contribution in [0.4, 0.5) is 4.39 Å². The van der Waals surface area contributed by atoms with Crippen molar-refractivity contribution in [3.63, 3.8) is 0 Å². The Morgan fingerprint density at radius 2 is 1.98 bits per heavy atom. The molecular weight excluding hydrogens is 503 g/mol. The van der Waals surface area contributed by atoms with Crippen LogP contribution in [0.5, 0.6) is 0 Å². The van der Waals surface area contributed by atoms with Gasteiger partial charge in [0.15, 0.2) is 0 Å². The lowest BCUT2D eigenvalue weighted by Crippen LogP contribution is -2.62. The predicted molar refractivity (Wildman–Crippen MR) is 159 cm³/mol. The molecule has 2 aliphatic rings. The number of nitrogens with zero attached hydrogens (tertiary/aromatic N) is 2. The van der Waals surface area contributed by atoms with Crippen molar-refractivity contribution in [3.05, 3.63) is 126 Å². The number of rotatable bonds is 6. The van der Waals surface area contributed by atoms with E-state index in [9.17, 15) is 14.0 Å². The SMILES string of the molecule is C=CNC(=O)C(CN1Cc2ccc(F)cc2C1=O)(NC)C1=C/C=C/C=C/CCCc2cnccc2C/C=C\1.CC. The molecule has 0 spiro atoms. The first-order valence-corrected chi connectivity index (χ1v) is 13.8. The van der Waals surface area contributed by atoms with Crippen molar-refractivity contribution in [2.24, 2.45) is 0 Å². The minimum Gasteiger partial charge on any atom is -0.332 e. The number of pyridine rings is 1. The van der Waals surface area contributed by atoms with Gasteiger partial charge in [-0.1, -0.05) is 69.0 Å². The number of carbonyl (C=O) groups is 2. The molecule has 1 aliphatic heterocycles. The number of aryl methyl sites for hydroxylation is 1. The summed E-state index contributed by atoms with van der Waals surface area (Å²) in [7, 11) is 1.70. The van der Waals surface area contributed by atoms with Crippen LogP contribution < -0.4 is 10.6 Å². The minimum atomic E-state index is -1.30. The smallest absolute Gasteiger partial charge is 0.254 e. The van der Waals surface area contributed by atoms with E-state index in [2.05, 4.69) is 28.3 Å². The number of nitrogens with one attached hydrogen (secondary N) is 2. The molecule has 0 saturated heterocycles. The largest absolute Gasteiger partial charge is 0.332 e. The summed E-state index contributed by atoms with van der Waals surface area (Å²) >= 11 is 0. The Morgan fingerprint density at radius 1 is 1.15 bits per heavy atom. The Kier molecular flexibility index (Phi) is 11.3. The third-order valence-corrected chi connectivity index (χ3v) is 7.01. The zero-order chi connectivity index (χ0) is 29.0. The summed E-state index contributed by atoms with van der Waals surface area (Å²) in [4.78, 5) is 32.7. The van der Waals surface area contributed by atoms with Gasteiger partial charge in [-0.25, -0.2) is 4.39 Å². The van der Waals surface area contributed by atoms with E-state index in [1.54, 1.807) is 24.2 Å². The maximum absolute atomic E-state index is 13.9. The number of aromatic nitrogens is 1. The average molecular weight is 543 g/mol. The zero-order valence-corrected chi connectivity index (χ0v) is 23.6. The number of amides is 2. The zero-order valence-electron chi connectivity index (χ0n) is 23.6. The first-order valence-electron chi connectivity index (χ1n) is 13.8. The number of hydrogen-bond acceptors (Lipinski definition) is 4. The Bertz CT molecular complexity index is 1330. The number of fused-ring (bicyclic) bond motifs is 2. The summed E-state index contributed by atoms with van der Waals surface area (Å²) in [5.74, 6) is -1.13. The van der Waals surface area contributed by atoms with Gasteiger partial charge in [0.05, 0.1) is 6.54 Å². The van der Waals surface area contributed by atoms with Crippen LogP contribution in [0, 0.1) is 5.82 Å². The van der Waals surface area contributed by atoms with Gasteiger partial charge >= 0.3 is 0 Å². The normalized spacial score (nSPS) is 20.1. The molecule has 6 nitrogen and oxygen atoms in total. The maximum atomic E-state index is 13.9. The fraction of sp³-hybridized carbons (Fsp3) is 0.303. The molecule has 2 N–H and O–H groups in total. The second kappa shape index (κ2) is 14.9. The van der Waals surface area contributed by atoms with Crippen molar-refractivity contribution in [2.45, 2.75) is 51.6 Å². The van der Waals surface area contributed by atoms with Crippen LogP contribution in [-0.4, -0.2) is 40.8 Å². The molecule has 1 aromatic carbocycles. The minimum absolute atomic E-state index is 0.0403. The number of benzene rings is 1. The fourth-order valence-corrected chi connectivity index (χ4v) is 4.94. The van der Waals surface area contributed by atoms with Crippen molar-refractivity contribution in [2.75, 3.05) is 13.6 Å². The molecule has 40 heavy (non-hydrogen) atoms. The molecule has 1 aliphatic carbocycles. The van der Waals surface area contributed by atoms with Crippen LogP contribution in [-0.2, 0) is 24.2 Å². The lowest BCUT2D eigenvalue weighted by atomic mass is 9.86. The van der Waals surface area contributed by atoms with Gasteiger partial charge in [0.1, 0.15) is 11.4 Å². The lowest BCUT2D eigenvalue weighted by molar-refractivity contribution is -0.125. The number of carbonyl (C=O) groups excluding carboxylic acids is 2. The fourth-order valence-electron chi connectivity index (χ4n) is 4.94. The van der Waals surface area contributed by atoms with E-state index in [1.165, 1.54) is 29.5 Å². The quantitative estimate of drug-likeness (QED) is 0.499. The Hall–Kier alpha value is -4.10. The second-order valence-corrected chi connectivity index (χ2v) is 9.37. The Labute approximate surface area is 237 Å². The molecule has 210 valence electrons. The van der Waals surface area contributed by atoms with Crippen LogP contribution >= 0.6 is 0 Å². The first kappa shape index (κ1) is 30.4. The summed E-state index contributed by atoms with van der Waals surface area (Å²) in [6.45, 7) is 7.99. The van der Waals surface area contributed by atoms with Gasteiger partial charge < -0.3 is 15.5 Å². The molecule has 1 unspecified atom stereocenters. The first-order chi connectivity index (χ1) is 19.5. The van der Waals surface area contributed by atoms with Crippen LogP contribution in [0.3, 0.4) is 0 Å². The topological polar surface area (TPSA) is 74.3 Å². The highest BCUT2D eigenvalue weighted by molar-refractivity contribution is 5.99. The highest BCUT2D eigenvalue weighted by Gasteiger charge is 2.43. The number of likely N-dealkylation sites (N-methyl/N-ethyl adjacent to an activating group) is 1. The molecule has 0 saturated carbocycles. The standard InChI is InChI=1S/C31H33FN4O2.C2H6/c1-3-35-30(38)31(33-2,22-36-21-25-15-16-27(32)19-28(25)29(36)37)26-13-9-7-5-4-6-8-11-24-20-34-18-17-23(24)12-10-14-26;1-2/h3-5,7,9-10,13-20,33H,1,6,8,11-12,21-22H2,2H3,(H,35,38);1-2H3/b5-4+,9-7+,14-10-,26-13+;. The molecule has 7 heteroatoms. The predicted octanol–water partition coefficient (Wildman–Crippen LogP) is 5.59. The van der Waals surface area contributed by atoms with Crippen LogP contribution in [0.25, 0.3) is 0 Å². The van der Waals surface area contributed by atoms with Gasteiger partial charge in [0.25, 0.3) is 11.8 Å². The van der Waals surface area contributed by atoms with Crippen LogP contribution in [0.1, 0.15) is 53.7 Å². The number of halogens is 1. The van der Waals surface area contributed by atoms with E-state index in [1.807, 2.05) is 62.6 Å². The lowest BCUT2D eigenvalue weighted by Gasteiger charge is -2.36. The van der Waals surface area contributed by atoms with Crippen molar-refractivity contribution < 1.29 is 14.0 Å². The van der Waals surface area contributed by atoms with E-state index >= 15 is 0 Å². The van der Waals surface area contributed by atoms with Gasteiger partial charge in [0.2, 0.25) is 0 Å². The molecule has 2 aromatic rings. The molecule has 2 heterocycles. The molecule has 4 rings (SSSR count). The summed E-state index contributed by atoms with van der Waals surface area (Å²) in [5.41, 5.74) is 2.83. The Balaban J connectivity index is 0.00000216. The maximum Gasteiger partial charge on any atom is 0.254 e. The Morgan fingerprint density at radius 3 is 2.75 bits per heavy atom. The molecule has 0 radical (unpaired) electrons. The highest BCUT2D eigenvalue weighted by Crippen LogP contribution is 2.29. The monoisotopic (exact) mass is 542 g/mol. The van der Waals surface area contributed by atoms with Crippen molar-refractivity contribution in [1.82, 2.24) is 20.5 Å². The van der Waals surface area contributed by atoms with E-state index in [0.717, 1.165) is 24.8 Å². The molecule has 1 atom stereocenters.